The van der Waals surface area contributed by atoms with Gasteiger partial charge in [0.1, 0.15) is 19.8 Å². The van der Waals surface area contributed by atoms with Crippen molar-refractivity contribution in [3.63, 3.8) is 0 Å². The predicted octanol–water partition coefficient (Wildman–Crippen LogP) is 11.8. The van der Waals surface area contributed by atoms with Gasteiger partial charge in [-0.25, -0.2) is 0 Å². The molecule has 0 rings (SSSR count). The number of nitrogens with zero attached hydrogens (tertiary/aromatic N) is 1. The van der Waals surface area contributed by atoms with E-state index in [0.717, 1.165) is 77.0 Å². The molecule has 0 aromatic rings. The Morgan fingerprint density at radius 3 is 1.54 bits per heavy atom. The summed E-state index contributed by atoms with van der Waals surface area (Å²) in [5.41, 5.74) is 0. The van der Waals surface area contributed by atoms with E-state index in [1.165, 1.54) is 57.8 Å². The van der Waals surface area contributed by atoms with E-state index in [4.69, 9.17) is 18.5 Å². The SMILES string of the molecule is CCC/C=C/C/C=C/C/C=C/C/C=C/CCCCCC(=O)O[C@H](COC(=O)CCCCCCCCC/C=C/CCCCCC)COP(=O)([O-])OCC[N+](C)(C)C. The van der Waals surface area contributed by atoms with Gasteiger partial charge < -0.3 is 27.9 Å². The molecule has 0 heterocycles. The van der Waals surface area contributed by atoms with Crippen LogP contribution in [0.3, 0.4) is 0 Å². The van der Waals surface area contributed by atoms with E-state index >= 15 is 0 Å². The number of ether oxygens (including phenoxy) is 2. The maximum absolute atomic E-state index is 12.7. The van der Waals surface area contributed by atoms with Gasteiger partial charge in [-0.1, -0.05) is 139 Å². The number of likely N-dealkylation sites (N-methyl/N-ethyl adjacent to an activating group) is 1. The van der Waals surface area contributed by atoms with Crippen LogP contribution in [0.25, 0.3) is 0 Å². The van der Waals surface area contributed by atoms with E-state index in [1.54, 1.807) is 0 Å². The Kier molecular flexibility index (Phi) is 36.7. The largest absolute Gasteiger partial charge is 0.756 e. The zero-order chi connectivity index (χ0) is 41.4. The summed E-state index contributed by atoms with van der Waals surface area (Å²) < 4.78 is 33.9. The minimum Gasteiger partial charge on any atom is -0.756 e. The highest BCUT2D eigenvalue weighted by Crippen LogP contribution is 2.38. The molecule has 0 aliphatic heterocycles. The fourth-order valence-electron chi connectivity index (χ4n) is 5.52. The first-order valence-corrected chi connectivity index (χ1v) is 23.5. The molecule has 56 heavy (non-hydrogen) atoms. The van der Waals surface area contributed by atoms with E-state index < -0.39 is 32.5 Å². The van der Waals surface area contributed by atoms with Crippen LogP contribution >= 0.6 is 7.82 Å². The van der Waals surface area contributed by atoms with E-state index in [0.29, 0.717) is 17.4 Å². The standard InChI is InChI=1S/C46H82NO8P/c1-6-8-10-12-14-16-18-20-22-23-25-27-29-31-33-35-37-39-46(49)55-44(43-54-56(50,51)53-41-40-47(3,4)5)42-52-45(48)38-36-34-32-30-28-26-24-21-19-17-15-13-11-9-7-2/h10,12,16-19,22-23,27,29,44H,6-9,11,13-15,20-21,24-26,28,30-43H2,1-5H3/b12-10+,18-16+,19-17+,23-22+,29-27+/t44-/m1/s1. The Labute approximate surface area is 343 Å². The highest BCUT2D eigenvalue weighted by Gasteiger charge is 2.21. The van der Waals surface area contributed by atoms with E-state index in [-0.39, 0.29) is 26.1 Å². The molecular weight excluding hydrogens is 725 g/mol. The van der Waals surface area contributed by atoms with Crippen molar-refractivity contribution in [3.05, 3.63) is 60.8 Å². The smallest absolute Gasteiger partial charge is 0.306 e. The number of phosphoric ester groups is 1. The molecule has 0 spiro atoms. The van der Waals surface area contributed by atoms with Gasteiger partial charge in [-0.05, 0) is 77.0 Å². The Hall–Kier alpha value is -2.29. The third kappa shape index (κ3) is 41.3. The van der Waals surface area contributed by atoms with Crippen molar-refractivity contribution in [2.45, 2.75) is 174 Å². The fraction of sp³-hybridized carbons (Fsp3) is 0.739. The monoisotopic (exact) mass is 808 g/mol. The number of quaternary nitrogens is 1. The Morgan fingerprint density at radius 2 is 1.00 bits per heavy atom. The molecular formula is C46H82NO8P. The van der Waals surface area contributed by atoms with Gasteiger partial charge in [0.15, 0.2) is 6.10 Å². The molecule has 0 saturated carbocycles. The summed E-state index contributed by atoms with van der Waals surface area (Å²) in [6.07, 6.45) is 45.3. The van der Waals surface area contributed by atoms with Gasteiger partial charge in [0.05, 0.1) is 27.7 Å². The highest BCUT2D eigenvalue weighted by molar-refractivity contribution is 7.45. The van der Waals surface area contributed by atoms with Crippen LogP contribution < -0.4 is 4.89 Å². The molecule has 2 atom stereocenters. The zero-order valence-electron chi connectivity index (χ0n) is 36.3. The molecule has 0 aromatic carbocycles. The minimum atomic E-state index is -4.64. The summed E-state index contributed by atoms with van der Waals surface area (Å²) in [5, 5.41) is 0. The van der Waals surface area contributed by atoms with Gasteiger partial charge in [-0.2, -0.15) is 0 Å². The van der Waals surface area contributed by atoms with Gasteiger partial charge >= 0.3 is 11.9 Å². The second-order valence-corrected chi connectivity index (χ2v) is 17.1. The van der Waals surface area contributed by atoms with Crippen LogP contribution in [0.4, 0.5) is 0 Å². The van der Waals surface area contributed by atoms with Crippen LogP contribution in [-0.2, 0) is 32.7 Å². The maximum atomic E-state index is 12.7. The molecule has 0 aliphatic carbocycles. The number of carbonyl (C=O) groups is 2. The van der Waals surface area contributed by atoms with Crippen molar-refractivity contribution in [2.75, 3.05) is 47.5 Å². The molecule has 9 nitrogen and oxygen atoms in total. The maximum Gasteiger partial charge on any atom is 0.306 e. The summed E-state index contributed by atoms with van der Waals surface area (Å²) in [7, 11) is 1.13. The lowest BCUT2D eigenvalue weighted by Crippen LogP contribution is -2.37. The summed E-state index contributed by atoms with van der Waals surface area (Å²) in [6.45, 7) is 4.09. The second-order valence-electron chi connectivity index (χ2n) is 15.7. The predicted molar refractivity (Wildman–Crippen MR) is 231 cm³/mol. The molecule has 324 valence electrons. The molecule has 0 aliphatic rings. The number of hydrogen-bond donors (Lipinski definition) is 0. The van der Waals surface area contributed by atoms with Crippen molar-refractivity contribution >= 4 is 19.8 Å². The number of allylic oxidation sites excluding steroid dienone is 10. The van der Waals surface area contributed by atoms with Crippen LogP contribution in [0.1, 0.15) is 168 Å². The first kappa shape index (κ1) is 53.7. The number of unbranched alkanes of at least 4 members (excludes halogenated alkanes) is 15. The van der Waals surface area contributed by atoms with Crippen LogP contribution in [-0.4, -0.2) is 70.0 Å². The molecule has 0 radical (unpaired) electrons. The van der Waals surface area contributed by atoms with Crippen LogP contribution in [0, 0.1) is 0 Å². The quantitative estimate of drug-likeness (QED) is 0.0198. The molecule has 10 heteroatoms. The molecule has 0 saturated heterocycles. The lowest BCUT2D eigenvalue weighted by molar-refractivity contribution is -0.870. The molecule has 1 unspecified atom stereocenters. The first-order valence-electron chi connectivity index (χ1n) is 22.0. The van der Waals surface area contributed by atoms with Gasteiger partial charge in [0.2, 0.25) is 0 Å². The van der Waals surface area contributed by atoms with Crippen LogP contribution in [0.15, 0.2) is 60.8 Å². The molecule has 0 aromatic heterocycles. The normalized spacial score (nSPS) is 14.2. The summed E-state index contributed by atoms with van der Waals surface area (Å²) in [4.78, 5) is 37.5. The molecule has 0 amide bonds. The van der Waals surface area contributed by atoms with Gasteiger partial charge in [0, 0.05) is 12.8 Å². The number of esters is 2. The number of carbonyl (C=O) groups excluding carboxylic acids is 2. The van der Waals surface area contributed by atoms with E-state index in [2.05, 4.69) is 74.6 Å². The second kappa shape index (κ2) is 38.2. The Balaban J connectivity index is 4.44. The Bertz CT molecular complexity index is 1140. The van der Waals surface area contributed by atoms with E-state index in [9.17, 15) is 19.0 Å². The summed E-state index contributed by atoms with van der Waals surface area (Å²) in [6, 6.07) is 0. The van der Waals surface area contributed by atoms with Gasteiger partial charge in [-0.15, -0.1) is 0 Å². The Morgan fingerprint density at radius 1 is 0.554 bits per heavy atom. The third-order valence-corrected chi connectivity index (χ3v) is 9.96. The van der Waals surface area contributed by atoms with Crippen LogP contribution in [0.2, 0.25) is 0 Å². The summed E-state index contributed by atoms with van der Waals surface area (Å²) in [5.74, 6) is -0.880. The lowest BCUT2D eigenvalue weighted by atomic mass is 10.1. The third-order valence-electron chi connectivity index (χ3n) is 8.99. The average Bonchev–Trinajstić information content (AvgIpc) is 3.15. The van der Waals surface area contributed by atoms with Gasteiger partial charge in [0.25, 0.3) is 7.82 Å². The van der Waals surface area contributed by atoms with Crippen molar-refractivity contribution in [2.24, 2.45) is 0 Å². The molecule has 0 fully saturated rings. The summed E-state index contributed by atoms with van der Waals surface area (Å²) >= 11 is 0. The fourth-order valence-corrected chi connectivity index (χ4v) is 6.25. The van der Waals surface area contributed by atoms with Crippen LogP contribution in [0.5, 0.6) is 0 Å². The highest BCUT2D eigenvalue weighted by atomic mass is 31.2. The van der Waals surface area contributed by atoms with Crippen molar-refractivity contribution in [3.8, 4) is 0 Å². The average molecular weight is 808 g/mol. The number of phosphoric acid groups is 1. The zero-order valence-corrected chi connectivity index (χ0v) is 37.2. The van der Waals surface area contributed by atoms with Gasteiger partial charge in [-0.3, -0.25) is 14.2 Å². The number of rotatable bonds is 39. The molecule has 0 bridgehead atoms. The van der Waals surface area contributed by atoms with E-state index in [1.807, 2.05) is 21.1 Å². The lowest BCUT2D eigenvalue weighted by Gasteiger charge is -2.28. The molecule has 0 N–H and O–H groups in total. The minimum absolute atomic E-state index is 0.0404. The van der Waals surface area contributed by atoms with Crippen molar-refractivity contribution < 1.29 is 42.1 Å². The first-order chi connectivity index (χ1) is 27.0. The number of hydrogen-bond acceptors (Lipinski definition) is 8. The van der Waals surface area contributed by atoms with Crippen molar-refractivity contribution in [1.82, 2.24) is 0 Å². The van der Waals surface area contributed by atoms with Crippen molar-refractivity contribution in [1.29, 1.82) is 0 Å². The topological polar surface area (TPSA) is 111 Å².